The summed E-state index contributed by atoms with van der Waals surface area (Å²) >= 11 is 0. The molecule has 0 N–H and O–H groups in total. The largest absolute Gasteiger partial charge is 0.285 e. The zero-order valence-electron chi connectivity index (χ0n) is 9.10. The van der Waals surface area contributed by atoms with E-state index in [0.717, 1.165) is 0 Å². The normalized spacial score (nSPS) is 14.9. The Balaban J connectivity index is 5.24. The predicted molar refractivity (Wildman–Crippen MR) is 51.3 cm³/mol. The molecule has 0 spiro atoms. The Morgan fingerprint density at radius 1 is 1.00 bits per heavy atom. The molecule has 0 saturated heterocycles. The van der Waals surface area contributed by atoms with Crippen LogP contribution in [0.5, 0.6) is 0 Å². The first-order chi connectivity index (χ1) is 6.01. The molecule has 0 aliphatic heterocycles. The summed E-state index contributed by atoms with van der Waals surface area (Å²) in [6.07, 6.45) is 0. The van der Waals surface area contributed by atoms with Gasteiger partial charge in [0.25, 0.3) is 11.6 Å². The van der Waals surface area contributed by atoms with Crippen LogP contribution in [-0.4, -0.2) is 21.4 Å². The van der Waals surface area contributed by atoms with Gasteiger partial charge in [0.1, 0.15) is 0 Å². The van der Waals surface area contributed by atoms with Crippen LogP contribution in [0.2, 0.25) is 0 Å². The van der Waals surface area contributed by atoms with Crippen molar-refractivity contribution in [3.05, 3.63) is 20.2 Å². The lowest BCUT2D eigenvalue weighted by Gasteiger charge is -2.29. The van der Waals surface area contributed by atoms with E-state index in [1.165, 1.54) is 13.8 Å². The number of hydrogen-bond donors (Lipinski definition) is 0. The number of nitrogens with zero attached hydrogens (tertiary/aromatic N) is 2. The average molecular weight is 204 g/mol. The highest BCUT2D eigenvalue weighted by Crippen LogP contribution is 2.31. The summed E-state index contributed by atoms with van der Waals surface area (Å²) in [5, 5.41) is 21.5. The van der Waals surface area contributed by atoms with Crippen molar-refractivity contribution in [2.45, 2.75) is 46.2 Å². The van der Waals surface area contributed by atoms with Crippen LogP contribution in [0.25, 0.3) is 0 Å². The third kappa shape index (κ3) is 2.40. The molecule has 0 aromatic carbocycles. The van der Waals surface area contributed by atoms with Gasteiger partial charge in [0.05, 0.1) is 0 Å². The highest BCUT2D eigenvalue weighted by molar-refractivity contribution is 4.87. The first-order valence-electron chi connectivity index (χ1n) is 4.29. The van der Waals surface area contributed by atoms with Gasteiger partial charge in [-0.15, -0.1) is 0 Å². The van der Waals surface area contributed by atoms with Crippen molar-refractivity contribution in [2.24, 2.45) is 5.41 Å². The molecule has 0 heterocycles. The molecule has 0 radical (unpaired) electrons. The Morgan fingerprint density at radius 3 is 1.43 bits per heavy atom. The van der Waals surface area contributed by atoms with Crippen LogP contribution in [0.4, 0.5) is 0 Å². The van der Waals surface area contributed by atoms with E-state index in [1.54, 1.807) is 20.8 Å². The molecule has 1 unspecified atom stereocenters. The number of nitro groups is 2. The van der Waals surface area contributed by atoms with Crippen molar-refractivity contribution in [2.75, 3.05) is 0 Å². The molecule has 0 aromatic rings. The zero-order chi connectivity index (χ0) is 11.7. The average Bonchev–Trinajstić information content (AvgIpc) is 1.79. The Kier molecular flexibility index (Phi) is 3.21. The Bertz CT molecular complexity index is 255. The Morgan fingerprint density at radius 2 is 1.36 bits per heavy atom. The molecule has 0 aliphatic rings. The van der Waals surface area contributed by atoms with Crippen molar-refractivity contribution in [1.29, 1.82) is 0 Å². The van der Waals surface area contributed by atoms with Gasteiger partial charge in [-0.3, -0.25) is 20.2 Å². The molecule has 14 heavy (non-hydrogen) atoms. The Labute approximate surface area is 82.6 Å². The summed E-state index contributed by atoms with van der Waals surface area (Å²) in [4.78, 5) is 20.4. The molecule has 0 fully saturated rings. The van der Waals surface area contributed by atoms with E-state index in [9.17, 15) is 20.2 Å². The van der Waals surface area contributed by atoms with Crippen molar-refractivity contribution in [3.63, 3.8) is 0 Å². The van der Waals surface area contributed by atoms with E-state index in [-0.39, 0.29) is 0 Å². The van der Waals surface area contributed by atoms with Gasteiger partial charge in [0.15, 0.2) is 0 Å². The zero-order valence-corrected chi connectivity index (χ0v) is 9.10. The molecule has 6 nitrogen and oxygen atoms in total. The molecule has 82 valence electrons. The van der Waals surface area contributed by atoms with Gasteiger partial charge < -0.3 is 0 Å². The van der Waals surface area contributed by atoms with Crippen molar-refractivity contribution in [1.82, 2.24) is 0 Å². The SMILES string of the molecule is CC(C)(C)C([N+](=O)[O-])C(C)(C)[N+](=O)[O-]. The fourth-order valence-electron chi connectivity index (χ4n) is 1.73. The first-order valence-corrected chi connectivity index (χ1v) is 4.29. The maximum Gasteiger partial charge on any atom is 0.285 e. The van der Waals surface area contributed by atoms with Crippen LogP contribution in [0, 0.1) is 25.6 Å². The minimum atomic E-state index is -1.55. The standard InChI is InChI=1S/C8H16N2O4/c1-7(2,3)6(9(11)12)8(4,5)10(13)14/h6H,1-5H3. The summed E-state index contributed by atoms with van der Waals surface area (Å²) in [5.74, 6) is 0. The molecule has 0 amide bonds. The molecule has 1 atom stereocenters. The van der Waals surface area contributed by atoms with E-state index < -0.39 is 26.8 Å². The topological polar surface area (TPSA) is 86.3 Å². The third-order valence-corrected chi connectivity index (χ3v) is 2.17. The summed E-state index contributed by atoms with van der Waals surface area (Å²) in [6.45, 7) is 7.46. The van der Waals surface area contributed by atoms with Crippen LogP contribution in [0.15, 0.2) is 0 Å². The van der Waals surface area contributed by atoms with E-state index in [4.69, 9.17) is 0 Å². The quantitative estimate of drug-likeness (QED) is 0.517. The minimum absolute atomic E-state index is 0.567. The summed E-state index contributed by atoms with van der Waals surface area (Å²) < 4.78 is 0. The lowest BCUT2D eigenvalue weighted by atomic mass is 9.77. The smallest absolute Gasteiger partial charge is 0.264 e. The van der Waals surface area contributed by atoms with Crippen molar-refractivity contribution >= 4 is 0 Å². The van der Waals surface area contributed by atoms with E-state index >= 15 is 0 Å². The molecular weight excluding hydrogens is 188 g/mol. The van der Waals surface area contributed by atoms with Gasteiger partial charge >= 0.3 is 0 Å². The van der Waals surface area contributed by atoms with Gasteiger partial charge in [-0.1, -0.05) is 20.8 Å². The van der Waals surface area contributed by atoms with E-state index in [2.05, 4.69) is 0 Å². The highest BCUT2D eigenvalue weighted by Gasteiger charge is 2.56. The third-order valence-electron chi connectivity index (χ3n) is 2.17. The lowest BCUT2D eigenvalue weighted by molar-refractivity contribution is -0.656. The monoisotopic (exact) mass is 204 g/mol. The van der Waals surface area contributed by atoms with E-state index in [1.807, 2.05) is 0 Å². The fourth-order valence-corrected chi connectivity index (χ4v) is 1.73. The molecular formula is C8H16N2O4. The Hall–Kier alpha value is -1.20. The molecule has 0 bridgehead atoms. The predicted octanol–water partition coefficient (Wildman–Crippen LogP) is 1.73. The maximum atomic E-state index is 10.8. The molecule has 6 heteroatoms. The van der Waals surface area contributed by atoms with Crippen LogP contribution < -0.4 is 0 Å². The lowest BCUT2D eigenvalue weighted by Crippen LogP contribution is -2.54. The van der Waals surface area contributed by atoms with Crippen molar-refractivity contribution in [3.8, 4) is 0 Å². The second-order valence-corrected chi connectivity index (χ2v) is 4.96. The highest BCUT2D eigenvalue weighted by atomic mass is 16.6. The number of rotatable bonds is 3. The van der Waals surface area contributed by atoms with Gasteiger partial charge in [-0.25, -0.2) is 0 Å². The van der Waals surface area contributed by atoms with Gasteiger partial charge in [0.2, 0.25) is 0 Å². The van der Waals surface area contributed by atoms with Crippen LogP contribution >= 0.6 is 0 Å². The molecule has 0 aliphatic carbocycles. The number of hydrogen-bond acceptors (Lipinski definition) is 4. The molecule has 0 rings (SSSR count). The summed E-state index contributed by atoms with van der Waals surface area (Å²) in [7, 11) is 0. The van der Waals surface area contributed by atoms with E-state index in [0.29, 0.717) is 0 Å². The summed E-state index contributed by atoms with van der Waals surface area (Å²) in [6, 6.07) is -1.20. The maximum absolute atomic E-state index is 10.8. The van der Waals surface area contributed by atoms with Crippen molar-refractivity contribution < 1.29 is 9.85 Å². The molecule has 0 saturated carbocycles. The molecule has 0 aromatic heterocycles. The first kappa shape index (κ1) is 12.8. The fraction of sp³-hybridized carbons (Fsp3) is 1.00. The second kappa shape index (κ2) is 3.51. The second-order valence-electron chi connectivity index (χ2n) is 4.96. The van der Waals surface area contributed by atoms with Crippen LogP contribution in [0.3, 0.4) is 0 Å². The minimum Gasteiger partial charge on any atom is -0.264 e. The van der Waals surface area contributed by atoms with Gasteiger partial charge in [-0.05, 0) is 0 Å². The van der Waals surface area contributed by atoms with Crippen LogP contribution in [-0.2, 0) is 0 Å². The summed E-state index contributed by atoms with van der Waals surface area (Å²) in [5.41, 5.74) is -2.29. The van der Waals surface area contributed by atoms with Gasteiger partial charge in [0, 0.05) is 29.1 Å². The van der Waals surface area contributed by atoms with Crippen LogP contribution in [0.1, 0.15) is 34.6 Å². The van der Waals surface area contributed by atoms with Gasteiger partial charge in [-0.2, -0.15) is 0 Å².